The molecule has 4 nitrogen and oxygen atoms in total. The number of hydrogen-bond donors (Lipinski definition) is 2. The Morgan fingerprint density at radius 2 is 2.07 bits per heavy atom. The largest absolute Gasteiger partial charge is 0.465 e. The van der Waals surface area contributed by atoms with Gasteiger partial charge in [0.05, 0.1) is 5.69 Å². The van der Waals surface area contributed by atoms with Gasteiger partial charge in [0.1, 0.15) is 0 Å². The molecule has 0 fully saturated rings. The molecule has 1 amide bonds. The van der Waals surface area contributed by atoms with E-state index >= 15 is 0 Å². The van der Waals surface area contributed by atoms with E-state index in [0.717, 1.165) is 0 Å². The fourth-order valence-corrected chi connectivity index (χ4v) is 1.40. The fourth-order valence-electron chi connectivity index (χ4n) is 1.04. The summed E-state index contributed by atoms with van der Waals surface area (Å²) in [7, 11) is 0. The molecular weight excluding hydrogens is 250 g/mol. The SMILES string of the molecule is CC(=O)c1ccc(Br)cc1NC(=O)O. The number of halogens is 1. The molecule has 14 heavy (non-hydrogen) atoms. The lowest BCUT2D eigenvalue weighted by Crippen LogP contribution is -2.10. The van der Waals surface area contributed by atoms with E-state index in [1.165, 1.54) is 6.92 Å². The monoisotopic (exact) mass is 257 g/mol. The standard InChI is InChI=1S/C9H8BrNO3/c1-5(12)7-3-2-6(10)4-8(7)11-9(13)14/h2-4,11H,1H3,(H,13,14). The number of carbonyl (C=O) groups excluding carboxylic acids is 1. The second-order valence-electron chi connectivity index (χ2n) is 2.68. The first-order chi connectivity index (χ1) is 6.50. The van der Waals surface area contributed by atoms with Gasteiger partial charge in [0.15, 0.2) is 5.78 Å². The number of hydrogen-bond acceptors (Lipinski definition) is 2. The van der Waals surface area contributed by atoms with Crippen molar-refractivity contribution in [1.82, 2.24) is 0 Å². The number of carbonyl (C=O) groups is 2. The van der Waals surface area contributed by atoms with Crippen molar-refractivity contribution in [1.29, 1.82) is 0 Å². The number of carboxylic acid groups (broad SMARTS) is 1. The Balaban J connectivity index is 3.15. The molecule has 0 aliphatic rings. The van der Waals surface area contributed by atoms with Crippen LogP contribution < -0.4 is 5.32 Å². The molecule has 0 aliphatic carbocycles. The van der Waals surface area contributed by atoms with Gasteiger partial charge in [-0.1, -0.05) is 15.9 Å². The highest BCUT2D eigenvalue weighted by molar-refractivity contribution is 9.10. The molecule has 0 aromatic heterocycles. The topological polar surface area (TPSA) is 66.4 Å². The van der Waals surface area contributed by atoms with E-state index in [1.54, 1.807) is 18.2 Å². The minimum atomic E-state index is -1.19. The molecule has 0 unspecified atom stereocenters. The lowest BCUT2D eigenvalue weighted by Gasteiger charge is -2.06. The molecule has 0 heterocycles. The fraction of sp³-hybridized carbons (Fsp3) is 0.111. The third kappa shape index (κ3) is 2.56. The number of nitrogens with one attached hydrogen (secondary N) is 1. The average molecular weight is 258 g/mol. The number of anilines is 1. The molecule has 1 rings (SSSR count). The van der Waals surface area contributed by atoms with Gasteiger partial charge < -0.3 is 5.11 Å². The van der Waals surface area contributed by atoms with Crippen LogP contribution in [0.3, 0.4) is 0 Å². The smallest absolute Gasteiger partial charge is 0.409 e. The Kier molecular flexibility index (Phi) is 3.24. The molecule has 74 valence electrons. The molecular formula is C9H8BrNO3. The summed E-state index contributed by atoms with van der Waals surface area (Å²) in [6.07, 6.45) is -1.19. The van der Waals surface area contributed by atoms with Gasteiger partial charge in [0.25, 0.3) is 0 Å². The molecule has 0 spiro atoms. The van der Waals surface area contributed by atoms with Crippen molar-refractivity contribution in [3.05, 3.63) is 28.2 Å². The molecule has 2 N–H and O–H groups in total. The molecule has 0 aliphatic heterocycles. The Bertz CT molecular complexity index is 390. The first-order valence-electron chi connectivity index (χ1n) is 3.81. The molecule has 0 saturated heterocycles. The van der Waals surface area contributed by atoms with Crippen LogP contribution in [0.25, 0.3) is 0 Å². The Morgan fingerprint density at radius 3 is 2.57 bits per heavy atom. The van der Waals surface area contributed by atoms with Crippen LogP contribution in [0.1, 0.15) is 17.3 Å². The van der Waals surface area contributed by atoms with Gasteiger partial charge in [-0.2, -0.15) is 0 Å². The summed E-state index contributed by atoms with van der Waals surface area (Å²) in [4.78, 5) is 21.5. The Labute approximate surface area is 89.1 Å². The van der Waals surface area contributed by atoms with Crippen molar-refractivity contribution < 1.29 is 14.7 Å². The molecule has 5 heteroatoms. The summed E-state index contributed by atoms with van der Waals surface area (Å²) in [5.41, 5.74) is 0.648. The second kappa shape index (κ2) is 4.23. The van der Waals surface area contributed by atoms with Gasteiger partial charge in [0, 0.05) is 10.0 Å². The summed E-state index contributed by atoms with van der Waals surface area (Å²) in [5.74, 6) is -0.179. The summed E-state index contributed by atoms with van der Waals surface area (Å²) >= 11 is 3.19. The van der Waals surface area contributed by atoms with Crippen molar-refractivity contribution in [2.75, 3.05) is 5.32 Å². The summed E-state index contributed by atoms with van der Waals surface area (Å²) in [6.45, 7) is 1.39. The first-order valence-corrected chi connectivity index (χ1v) is 4.60. The summed E-state index contributed by atoms with van der Waals surface area (Å²) in [5, 5.41) is 10.7. The molecule has 1 aromatic rings. The van der Waals surface area contributed by atoms with Crippen molar-refractivity contribution in [2.45, 2.75) is 6.92 Å². The van der Waals surface area contributed by atoms with Crippen molar-refractivity contribution in [2.24, 2.45) is 0 Å². The normalized spacial score (nSPS) is 9.57. The Hall–Kier alpha value is -1.36. The lowest BCUT2D eigenvalue weighted by atomic mass is 10.1. The average Bonchev–Trinajstić information content (AvgIpc) is 2.01. The number of ketones is 1. The van der Waals surface area contributed by atoms with Gasteiger partial charge >= 0.3 is 6.09 Å². The minimum absolute atomic E-state index is 0.179. The van der Waals surface area contributed by atoms with E-state index in [9.17, 15) is 9.59 Å². The van der Waals surface area contributed by atoms with Gasteiger partial charge in [-0.05, 0) is 25.1 Å². The van der Waals surface area contributed by atoms with E-state index in [1.807, 2.05) is 0 Å². The predicted octanol–water partition coefficient (Wildman–Crippen LogP) is 2.74. The van der Waals surface area contributed by atoms with Gasteiger partial charge in [-0.3, -0.25) is 10.1 Å². The molecule has 0 radical (unpaired) electrons. The van der Waals surface area contributed by atoms with E-state index in [4.69, 9.17) is 5.11 Å². The van der Waals surface area contributed by atoms with Gasteiger partial charge in [-0.15, -0.1) is 0 Å². The summed E-state index contributed by atoms with van der Waals surface area (Å²) < 4.78 is 0.714. The highest BCUT2D eigenvalue weighted by atomic mass is 79.9. The van der Waals surface area contributed by atoms with Crippen molar-refractivity contribution in [3.8, 4) is 0 Å². The van der Waals surface area contributed by atoms with E-state index < -0.39 is 6.09 Å². The number of amides is 1. The van der Waals surface area contributed by atoms with Crippen LogP contribution in [-0.2, 0) is 0 Å². The van der Waals surface area contributed by atoms with E-state index in [0.29, 0.717) is 15.7 Å². The highest BCUT2D eigenvalue weighted by Gasteiger charge is 2.09. The zero-order chi connectivity index (χ0) is 10.7. The van der Waals surface area contributed by atoms with Crippen LogP contribution in [0.4, 0.5) is 10.5 Å². The highest BCUT2D eigenvalue weighted by Crippen LogP contribution is 2.21. The quantitative estimate of drug-likeness (QED) is 0.801. The number of benzene rings is 1. The maximum Gasteiger partial charge on any atom is 0.409 e. The molecule has 0 bridgehead atoms. The second-order valence-corrected chi connectivity index (χ2v) is 3.59. The van der Waals surface area contributed by atoms with Crippen LogP contribution in [0, 0.1) is 0 Å². The minimum Gasteiger partial charge on any atom is -0.465 e. The predicted molar refractivity (Wildman–Crippen MR) is 55.8 cm³/mol. The van der Waals surface area contributed by atoms with E-state index in [2.05, 4.69) is 21.2 Å². The van der Waals surface area contributed by atoms with Crippen molar-refractivity contribution >= 4 is 33.5 Å². The summed E-state index contributed by atoms with van der Waals surface area (Å²) in [6, 6.07) is 4.80. The molecule has 0 saturated carbocycles. The third-order valence-electron chi connectivity index (χ3n) is 1.60. The van der Waals surface area contributed by atoms with Crippen LogP contribution >= 0.6 is 15.9 Å². The zero-order valence-electron chi connectivity index (χ0n) is 7.37. The van der Waals surface area contributed by atoms with E-state index in [-0.39, 0.29) is 5.78 Å². The maximum absolute atomic E-state index is 11.1. The third-order valence-corrected chi connectivity index (χ3v) is 2.10. The van der Waals surface area contributed by atoms with Crippen LogP contribution in [-0.4, -0.2) is 17.0 Å². The first kappa shape index (κ1) is 10.7. The van der Waals surface area contributed by atoms with Crippen LogP contribution in [0.15, 0.2) is 22.7 Å². The number of Topliss-reactive ketones (excluding diaryl/α,β-unsaturated/α-hetero) is 1. The lowest BCUT2D eigenvalue weighted by molar-refractivity contribution is 0.101. The van der Waals surface area contributed by atoms with Gasteiger partial charge in [-0.25, -0.2) is 4.79 Å². The zero-order valence-corrected chi connectivity index (χ0v) is 8.96. The number of rotatable bonds is 2. The Morgan fingerprint density at radius 1 is 1.43 bits per heavy atom. The van der Waals surface area contributed by atoms with Gasteiger partial charge in [0.2, 0.25) is 0 Å². The van der Waals surface area contributed by atoms with Crippen molar-refractivity contribution in [3.63, 3.8) is 0 Å². The van der Waals surface area contributed by atoms with Crippen LogP contribution in [0.2, 0.25) is 0 Å². The van der Waals surface area contributed by atoms with Crippen LogP contribution in [0.5, 0.6) is 0 Å². The molecule has 1 aromatic carbocycles. The maximum atomic E-state index is 11.1. The molecule has 0 atom stereocenters.